The number of thioether (sulfide) groups is 1. The van der Waals surface area contributed by atoms with E-state index in [-0.39, 0.29) is 11.6 Å². The smallest absolute Gasteiger partial charge is 0.280 e. The first-order chi connectivity index (χ1) is 14.5. The minimum absolute atomic E-state index is 0.0199. The highest BCUT2D eigenvalue weighted by molar-refractivity contribution is 8.18. The van der Waals surface area contributed by atoms with Crippen molar-refractivity contribution in [2.75, 3.05) is 13.1 Å². The molecule has 1 saturated heterocycles. The number of benzene rings is 1. The molecule has 1 amide bonds. The van der Waals surface area contributed by atoms with Crippen molar-refractivity contribution in [2.45, 2.75) is 39.5 Å². The van der Waals surface area contributed by atoms with Crippen LogP contribution in [-0.4, -0.2) is 34.0 Å². The summed E-state index contributed by atoms with van der Waals surface area (Å²) in [6.45, 7) is 5.54. The Morgan fingerprint density at radius 2 is 1.93 bits per heavy atom. The molecule has 0 bridgehead atoms. The Labute approximate surface area is 180 Å². The lowest BCUT2D eigenvalue weighted by atomic mass is 10.1. The minimum Gasteiger partial charge on any atom is -0.456 e. The molecule has 0 saturated carbocycles. The lowest BCUT2D eigenvalue weighted by Crippen LogP contribution is -2.30. The van der Waals surface area contributed by atoms with Gasteiger partial charge in [0.15, 0.2) is 5.17 Å². The molecule has 158 valence electrons. The SMILES string of the molecule is CCCCN=C1SC(=Cc2ccc(-c3ccccc3[N+](=O)[O-])o2)C(=O)N1CCCC. The average Bonchev–Trinajstić information content (AvgIpc) is 3.32. The van der Waals surface area contributed by atoms with Gasteiger partial charge in [0, 0.05) is 25.2 Å². The summed E-state index contributed by atoms with van der Waals surface area (Å²) >= 11 is 1.35. The molecule has 0 unspecified atom stereocenters. The van der Waals surface area contributed by atoms with Gasteiger partial charge in [0.25, 0.3) is 11.6 Å². The van der Waals surface area contributed by atoms with Crippen LogP contribution in [0.2, 0.25) is 0 Å². The van der Waals surface area contributed by atoms with Crippen LogP contribution in [0.3, 0.4) is 0 Å². The standard InChI is InChI=1S/C22H25N3O4S/c1-3-5-13-23-22-24(14-6-4-2)21(26)20(30-22)15-16-11-12-19(29-16)17-9-7-8-10-18(17)25(27)28/h7-12,15H,3-6,13-14H2,1-2H3. The lowest BCUT2D eigenvalue weighted by Gasteiger charge is -2.14. The van der Waals surface area contributed by atoms with Crippen molar-refractivity contribution in [3.05, 3.63) is 57.2 Å². The summed E-state index contributed by atoms with van der Waals surface area (Å²) in [5, 5.41) is 12.0. The van der Waals surface area contributed by atoms with Crippen LogP contribution in [0.15, 0.2) is 50.7 Å². The normalized spacial score (nSPS) is 16.7. The number of hydrogen-bond donors (Lipinski definition) is 0. The zero-order valence-electron chi connectivity index (χ0n) is 17.2. The Kier molecular flexibility index (Phi) is 7.46. The number of para-hydroxylation sites is 1. The fourth-order valence-electron chi connectivity index (χ4n) is 3.02. The van der Waals surface area contributed by atoms with Crippen LogP contribution in [0.25, 0.3) is 17.4 Å². The van der Waals surface area contributed by atoms with Crippen molar-refractivity contribution in [1.82, 2.24) is 4.90 Å². The van der Waals surface area contributed by atoms with E-state index in [1.165, 1.54) is 17.8 Å². The predicted molar refractivity (Wildman–Crippen MR) is 120 cm³/mol. The van der Waals surface area contributed by atoms with Crippen molar-refractivity contribution < 1.29 is 14.1 Å². The maximum absolute atomic E-state index is 12.9. The van der Waals surface area contributed by atoms with Gasteiger partial charge in [-0.25, -0.2) is 0 Å². The molecular formula is C22H25N3O4S. The van der Waals surface area contributed by atoms with Crippen LogP contribution in [0, 0.1) is 10.1 Å². The first-order valence-corrected chi connectivity index (χ1v) is 11.0. The molecule has 7 nitrogen and oxygen atoms in total. The number of amidine groups is 1. The van der Waals surface area contributed by atoms with E-state index >= 15 is 0 Å². The monoisotopic (exact) mass is 427 g/mol. The second kappa shape index (κ2) is 10.2. The third kappa shape index (κ3) is 4.99. The number of aliphatic imine (C=N–C) groups is 1. The number of hydrogen-bond acceptors (Lipinski definition) is 6. The third-order valence-electron chi connectivity index (χ3n) is 4.65. The van der Waals surface area contributed by atoms with Gasteiger partial charge in [-0.2, -0.15) is 0 Å². The Morgan fingerprint density at radius 3 is 2.67 bits per heavy atom. The van der Waals surface area contributed by atoms with Gasteiger partial charge in [-0.05, 0) is 42.8 Å². The van der Waals surface area contributed by atoms with Crippen LogP contribution >= 0.6 is 11.8 Å². The number of nitro groups is 1. The molecule has 0 atom stereocenters. The number of carbonyl (C=O) groups is 1. The van der Waals surface area contributed by atoms with Crippen molar-refractivity contribution in [1.29, 1.82) is 0 Å². The summed E-state index contributed by atoms with van der Waals surface area (Å²) < 4.78 is 5.82. The summed E-state index contributed by atoms with van der Waals surface area (Å²) in [5.74, 6) is 0.792. The van der Waals surface area contributed by atoms with E-state index in [4.69, 9.17) is 4.42 Å². The molecule has 2 aromatic rings. The lowest BCUT2D eigenvalue weighted by molar-refractivity contribution is -0.384. The second-order valence-electron chi connectivity index (χ2n) is 6.92. The van der Waals surface area contributed by atoms with Crippen LogP contribution in [0.5, 0.6) is 0 Å². The van der Waals surface area contributed by atoms with Crippen molar-refractivity contribution in [3.8, 4) is 11.3 Å². The van der Waals surface area contributed by atoms with Gasteiger partial charge in [0.2, 0.25) is 0 Å². The Hall–Kier alpha value is -2.87. The number of rotatable bonds is 9. The highest BCUT2D eigenvalue weighted by Crippen LogP contribution is 2.35. The van der Waals surface area contributed by atoms with Gasteiger partial charge in [-0.3, -0.25) is 24.8 Å². The van der Waals surface area contributed by atoms with Crippen molar-refractivity contribution >= 4 is 34.6 Å². The van der Waals surface area contributed by atoms with E-state index in [1.54, 1.807) is 41.3 Å². The largest absolute Gasteiger partial charge is 0.456 e. The Balaban J connectivity index is 1.86. The van der Waals surface area contributed by atoms with Gasteiger partial charge in [0.05, 0.1) is 15.4 Å². The van der Waals surface area contributed by atoms with Gasteiger partial charge in [0.1, 0.15) is 11.5 Å². The molecule has 0 spiro atoms. The summed E-state index contributed by atoms with van der Waals surface area (Å²) in [7, 11) is 0. The maximum Gasteiger partial charge on any atom is 0.280 e. The summed E-state index contributed by atoms with van der Waals surface area (Å²) in [6.07, 6.45) is 5.62. The van der Waals surface area contributed by atoms with E-state index < -0.39 is 4.92 Å². The van der Waals surface area contributed by atoms with E-state index in [9.17, 15) is 14.9 Å². The van der Waals surface area contributed by atoms with Gasteiger partial charge >= 0.3 is 0 Å². The first-order valence-electron chi connectivity index (χ1n) is 10.1. The number of nitro benzene ring substituents is 1. The van der Waals surface area contributed by atoms with Gasteiger partial charge in [-0.15, -0.1) is 0 Å². The molecule has 0 aliphatic carbocycles. The van der Waals surface area contributed by atoms with Crippen LogP contribution in [-0.2, 0) is 4.79 Å². The second-order valence-corrected chi connectivity index (χ2v) is 7.92. The van der Waals surface area contributed by atoms with Crippen LogP contribution < -0.4 is 0 Å². The molecule has 3 rings (SSSR count). The topological polar surface area (TPSA) is 89.0 Å². The number of amides is 1. The number of carbonyl (C=O) groups excluding carboxylic acids is 1. The molecule has 1 aliphatic heterocycles. The number of unbranched alkanes of at least 4 members (excludes halogenated alkanes) is 2. The first kappa shape index (κ1) is 21.8. The molecule has 1 aromatic carbocycles. The van der Waals surface area contributed by atoms with Crippen molar-refractivity contribution in [2.24, 2.45) is 4.99 Å². The molecule has 8 heteroatoms. The molecule has 0 N–H and O–H groups in total. The van der Waals surface area contributed by atoms with Crippen molar-refractivity contribution in [3.63, 3.8) is 0 Å². The predicted octanol–water partition coefficient (Wildman–Crippen LogP) is 5.73. The minimum atomic E-state index is -0.434. The van der Waals surface area contributed by atoms with Gasteiger partial charge in [-0.1, -0.05) is 38.8 Å². The molecule has 2 heterocycles. The highest BCUT2D eigenvalue weighted by Gasteiger charge is 2.33. The quantitative estimate of drug-likeness (QED) is 0.221. The number of furan rings is 1. The fourth-order valence-corrected chi connectivity index (χ4v) is 4.03. The zero-order chi connectivity index (χ0) is 21.5. The van der Waals surface area contributed by atoms with Crippen LogP contribution in [0.1, 0.15) is 45.3 Å². The molecular weight excluding hydrogens is 402 g/mol. The van der Waals surface area contributed by atoms with E-state index in [1.807, 2.05) is 0 Å². The average molecular weight is 428 g/mol. The zero-order valence-corrected chi connectivity index (χ0v) is 18.0. The van der Waals surface area contributed by atoms with Gasteiger partial charge < -0.3 is 4.42 Å². The summed E-state index contributed by atoms with van der Waals surface area (Å²) in [5.41, 5.74) is 0.386. The highest BCUT2D eigenvalue weighted by atomic mass is 32.2. The summed E-state index contributed by atoms with van der Waals surface area (Å²) in [4.78, 5) is 30.6. The molecule has 1 fully saturated rings. The Bertz CT molecular complexity index is 980. The molecule has 1 aliphatic rings. The molecule has 1 aromatic heterocycles. The van der Waals surface area contributed by atoms with E-state index in [0.717, 1.165) is 30.9 Å². The summed E-state index contributed by atoms with van der Waals surface area (Å²) in [6, 6.07) is 9.83. The van der Waals surface area contributed by atoms with E-state index in [0.29, 0.717) is 35.1 Å². The molecule has 0 radical (unpaired) electrons. The molecule has 30 heavy (non-hydrogen) atoms. The fraction of sp³-hybridized carbons (Fsp3) is 0.364. The Morgan fingerprint density at radius 1 is 1.17 bits per heavy atom. The van der Waals surface area contributed by atoms with Crippen LogP contribution in [0.4, 0.5) is 5.69 Å². The van der Waals surface area contributed by atoms with E-state index in [2.05, 4.69) is 18.8 Å². The number of nitrogens with zero attached hydrogens (tertiary/aromatic N) is 3. The third-order valence-corrected chi connectivity index (χ3v) is 5.69. The maximum atomic E-state index is 12.9.